The number of amides is 2. The number of anilines is 2. The number of thiocarbonyl (C=S) groups is 1. The van der Waals surface area contributed by atoms with E-state index >= 15 is 0 Å². The third kappa shape index (κ3) is 5.96. The highest BCUT2D eigenvalue weighted by Gasteiger charge is 2.43. The molecule has 3 aromatic carbocycles. The zero-order valence-electron chi connectivity index (χ0n) is 18.8. The lowest BCUT2D eigenvalue weighted by atomic mass is 10.1. The zero-order valence-corrected chi connectivity index (χ0v) is 21.9. The van der Waals surface area contributed by atoms with Gasteiger partial charge in [0.1, 0.15) is 6.04 Å². The lowest BCUT2D eigenvalue weighted by Crippen LogP contribution is -2.39. The fourth-order valence-electron chi connectivity index (χ4n) is 3.91. The molecule has 0 spiro atoms. The molecule has 0 bridgehead atoms. The van der Waals surface area contributed by atoms with Crippen molar-refractivity contribution in [2.45, 2.75) is 25.8 Å². The first-order valence-electron chi connectivity index (χ1n) is 10.9. The average molecular weight is 547 g/mol. The van der Waals surface area contributed by atoms with Gasteiger partial charge in [0.25, 0.3) is 5.91 Å². The van der Waals surface area contributed by atoms with Crippen molar-refractivity contribution in [3.63, 3.8) is 0 Å². The van der Waals surface area contributed by atoms with E-state index in [0.717, 1.165) is 11.1 Å². The van der Waals surface area contributed by atoms with E-state index in [4.69, 9.17) is 47.0 Å². The molecule has 5 nitrogen and oxygen atoms in total. The van der Waals surface area contributed by atoms with Crippen LogP contribution in [0.15, 0.2) is 66.7 Å². The van der Waals surface area contributed by atoms with Gasteiger partial charge in [0.2, 0.25) is 5.91 Å². The molecule has 9 heteroatoms. The van der Waals surface area contributed by atoms with E-state index in [1.165, 1.54) is 4.90 Å². The molecule has 1 fully saturated rings. The van der Waals surface area contributed by atoms with Crippen molar-refractivity contribution in [3.8, 4) is 0 Å². The maximum Gasteiger partial charge on any atom is 0.256 e. The van der Waals surface area contributed by atoms with Crippen molar-refractivity contribution in [1.82, 2.24) is 4.90 Å². The molecule has 1 heterocycles. The van der Waals surface area contributed by atoms with Crippen LogP contribution in [0.25, 0.3) is 0 Å². The molecule has 1 N–H and O–H groups in total. The number of nitrogens with zero attached hydrogens (tertiary/aromatic N) is 2. The van der Waals surface area contributed by atoms with Gasteiger partial charge in [0.05, 0.1) is 12.1 Å². The predicted octanol–water partition coefficient (Wildman–Crippen LogP) is 6.53. The molecule has 1 unspecified atom stereocenters. The minimum absolute atomic E-state index is 0.0572. The molecule has 1 atom stereocenters. The molecule has 4 rings (SSSR count). The van der Waals surface area contributed by atoms with Gasteiger partial charge in [-0.25, -0.2) is 0 Å². The summed E-state index contributed by atoms with van der Waals surface area (Å²) in [6.45, 7) is 2.38. The van der Waals surface area contributed by atoms with Gasteiger partial charge in [-0.1, -0.05) is 58.6 Å². The van der Waals surface area contributed by atoms with Gasteiger partial charge in [-0.3, -0.25) is 14.5 Å². The van der Waals surface area contributed by atoms with Gasteiger partial charge in [-0.15, -0.1) is 0 Å². The van der Waals surface area contributed by atoms with Crippen molar-refractivity contribution in [2.24, 2.45) is 0 Å². The van der Waals surface area contributed by atoms with E-state index < -0.39 is 6.04 Å². The normalized spacial score (nSPS) is 15.6. The third-order valence-corrected chi connectivity index (χ3v) is 7.01. The van der Waals surface area contributed by atoms with Crippen LogP contribution in [0.5, 0.6) is 0 Å². The SMILES string of the molecule is Cc1ccc(N2C(=O)C(CC(=O)Nc3ccc(Cl)cc3)N(CCc3ccc(Cl)cc3Cl)C2=S)cc1. The predicted molar refractivity (Wildman–Crippen MR) is 147 cm³/mol. The molecule has 1 aliphatic rings. The molecular formula is C26H22Cl3N3O2S. The second-order valence-electron chi connectivity index (χ2n) is 8.25. The third-order valence-electron chi connectivity index (χ3n) is 5.75. The highest BCUT2D eigenvalue weighted by molar-refractivity contribution is 7.80. The molecule has 0 aromatic heterocycles. The fraction of sp³-hybridized carbons (Fsp3) is 0.192. The van der Waals surface area contributed by atoms with Gasteiger partial charge < -0.3 is 10.2 Å². The Kier molecular flexibility index (Phi) is 7.97. The molecule has 180 valence electrons. The Morgan fingerprint density at radius 3 is 2.29 bits per heavy atom. The molecule has 1 saturated heterocycles. The maximum absolute atomic E-state index is 13.5. The topological polar surface area (TPSA) is 52.7 Å². The molecule has 1 aliphatic heterocycles. The minimum Gasteiger partial charge on any atom is -0.336 e. The Hall–Kier alpha value is -2.64. The summed E-state index contributed by atoms with van der Waals surface area (Å²) in [4.78, 5) is 29.7. The summed E-state index contributed by atoms with van der Waals surface area (Å²) in [5.74, 6) is -0.541. The van der Waals surface area contributed by atoms with E-state index in [2.05, 4.69) is 5.32 Å². The summed E-state index contributed by atoms with van der Waals surface area (Å²) in [5.41, 5.74) is 3.21. The first kappa shape index (κ1) is 25.5. The number of rotatable bonds is 7. The standard InChI is InChI=1S/C26H22Cl3N3O2S/c1-16-2-10-21(11-3-16)32-25(34)23(15-24(33)30-20-8-6-18(27)7-9-20)31(26(32)35)13-12-17-4-5-19(28)14-22(17)29/h2-11,14,23H,12-13,15H2,1H3,(H,30,33). The van der Waals surface area contributed by atoms with E-state index in [-0.39, 0.29) is 18.2 Å². The summed E-state index contributed by atoms with van der Waals surface area (Å²) >= 11 is 24.0. The minimum atomic E-state index is -0.748. The molecule has 0 aliphatic carbocycles. The quantitative estimate of drug-likeness (QED) is 0.342. The van der Waals surface area contributed by atoms with Gasteiger partial charge in [0, 0.05) is 27.3 Å². The van der Waals surface area contributed by atoms with Crippen molar-refractivity contribution in [1.29, 1.82) is 0 Å². The number of hydrogen-bond donors (Lipinski definition) is 1. The van der Waals surface area contributed by atoms with Crippen LogP contribution in [0.1, 0.15) is 17.5 Å². The maximum atomic E-state index is 13.5. The van der Waals surface area contributed by atoms with Crippen LogP contribution in [0.2, 0.25) is 15.1 Å². The number of nitrogens with one attached hydrogen (secondary N) is 1. The Labute approximate surface area is 224 Å². The molecular weight excluding hydrogens is 525 g/mol. The van der Waals surface area contributed by atoms with Crippen molar-refractivity contribution >= 4 is 75.3 Å². The van der Waals surface area contributed by atoms with E-state index in [0.29, 0.717) is 44.5 Å². The second kappa shape index (κ2) is 11.0. The summed E-state index contributed by atoms with van der Waals surface area (Å²) in [6, 6.07) is 18.9. The molecule has 3 aromatic rings. The van der Waals surface area contributed by atoms with Crippen LogP contribution >= 0.6 is 47.0 Å². The summed E-state index contributed by atoms with van der Waals surface area (Å²) in [6.07, 6.45) is 0.471. The Bertz CT molecular complexity index is 1270. The van der Waals surface area contributed by atoms with Crippen LogP contribution in [0, 0.1) is 6.92 Å². The first-order valence-corrected chi connectivity index (χ1v) is 12.5. The number of benzene rings is 3. The first-order chi connectivity index (χ1) is 16.7. The summed E-state index contributed by atoms with van der Waals surface area (Å²) in [5, 5.41) is 4.85. The number of hydrogen-bond acceptors (Lipinski definition) is 3. The average Bonchev–Trinajstić information content (AvgIpc) is 3.04. The molecule has 0 saturated carbocycles. The monoisotopic (exact) mass is 545 g/mol. The van der Waals surface area contributed by atoms with Crippen LogP contribution in [0.4, 0.5) is 11.4 Å². The lowest BCUT2D eigenvalue weighted by Gasteiger charge is -2.24. The molecule has 2 amide bonds. The second-order valence-corrected chi connectivity index (χ2v) is 9.89. The number of carbonyl (C=O) groups is 2. The summed E-state index contributed by atoms with van der Waals surface area (Å²) in [7, 11) is 0. The van der Waals surface area contributed by atoms with E-state index in [1.54, 1.807) is 41.3 Å². The number of aryl methyl sites for hydroxylation is 1. The Morgan fingerprint density at radius 1 is 0.971 bits per heavy atom. The van der Waals surface area contributed by atoms with Crippen LogP contribution < -0.4 is 10.2 Å². The van der Waals surface area contributed by atoms with Gasteiger partial charge in [-0.2, -0.15) is 0 Å². The highest BCUT2D eigenvalue weighted by Crippen LogP contribution is 2.29. The van der Waals surface area contributed by atoms with Gasteiger partial charge in [0.15, 0.2) is 5.11 Å². The van der Waals surface area contributed by atoms with Crippen molar-refractivity contribution in [3.05, 3.63) is 92.9 Å². The molecule has 0 radical (unpaired) electrons. The van der Waals surface area contributed by atoms with Crippen LogP contribution in [-0.2, 0) is 16.0 Å². The fourth-order valence-corrected chi connectivity index (χ4v) is 4.95. The zero-order chi connectivity index (χ0) is 25.1. The van der Waals surface area contributed by atoms with Crippen LogP contribution in [0.3, 0.4) is 0 Å². The Balaban J connectivity index is 1.57. The van der Waals surface area contributed by atoms with Gasteiger partial charge >= 0.3 is 0 Å². The lowest BCUT2D eigenvalue weighted by molar-refractivity contribution is -0.124. The molecule has 35 heavy (non-hydrogen) atoms. The summed E-state index contributed by atoms with van der Waals surface area (Å²) < 4.78 is 0. The van der Waals surface area contributed by atoms with E-state index in [1.807, 2.05) is 37.3 Å². The smallest absolute Gasteiger partial charge is 0.256 e. The van der Waals surface area contributed by atoms with E-state index in [9.17, 15) is 9.59 Å². The van der Waals surface area contributed by atoms with Gasteiger partial charge in [-0.05, 0) is 79.7 Å². The van der Waals surface area contributed by atoms with Crippen molar-refractivity contribution < 1.29 is 9.59 Å². The van der Waals surface area contributed by atoms with Crippen LogP contribution in [-0.4, -0.2) is 34.4 Å². The highest BCUT2D eigenvalue weighted by atomic mass is 35.5. The van der Waals surface area contributed by atoms with Crippen molar-refractivity contribution in [2.75, 3.05) is 16.8 Å². The number of carbonyl (C=O) groups excluding carboxylic acids is 2. The number of halogens is 3. The Morgan fingerprint density at radius 2 is 1.63 bits per heavy atom. The largest absolute Gasteiger partial charge is 0.336 e.